The summed E-state index contributed by atoms with van der Waals surface area (Å²) in [6.07, 6.45) is -0.904. The van der Waals surface area contributed by atoms with Crippen LogP contribution in [0.2, 0.25) is 4.82 Å². The number of aliphatic hydroxyl groups excluding tert-OH is 1. The van der Waals surface area contributed by atoms with Gasteiger partial charge in [-0.3, -0.25) is 0 Å². The number of methoxy groups -OCH3 is 2. The van der Waals surface area contributed by atoms with Crippen molar-refractivity contribution in [2.45, 2.75) is 10.9 Å². The first-order valence-electron chi connectivity index (χ1n) is 6.77. The van der Waals surface area contributed by atoms with E-state index in [2.05, 4.69) is 0 Å². The number of ether oxygens (including phenoxy) is 2. The minimum absolute atomic E-state index is 0.228. The number of aliphatic hydroxyl groups is 1. The van der Waals surface area contributed by atoms with E-state index in [1.165, 1.54) is 7.11 Å². The molecule has 22 heavy (non-hydrogen) atoms. The number of carbonyl (C=O) groups is 1. The second-order valence-corrected chi connectivity index (χ2v) is 7.14. The van der Waals surface area contributed by atoms with Crippen molar-refractivity contribution in [3.63, 3.8) is 0 Å². The molecule has 2 rings (SSSR count). The Morgan fingerprint density at radius 3 is 2.23 bits per heavy atom. The van der Waals surface area contributed by atoms with E-state index in [9.17, 15) is 9.90 Å². The van der Waals surface area contributed by atoms with Crippen molar-refractivity contribution in [3.05, 3.63) is 60.2 Å². The number of esters is 1. The molecule has 0 radical (unpaired) electrons. The number of carbonyl (C=O) groups excluding carboxylic acids is 1. The first-order chi connectivity index (χ1) is 10.7. The zero-order valence-electron chi connectivity index (χ0n) is 12.4. The minimum atomic E-state index is -0.904. The van der Waals surface area contributed by atoms with Crippen LogP contribution in [0, 0.1) is 0 Å². The molecular weight excluding hydrogens is 347 g/mol. The van der Waals surface area contributed by atoms with E-state index in [1.807, 2.05) is 30.3 Å². The van der Waals surface area contributed by atoms with Gasteiger partial charge in [0, 0.05) is 0 Å². The second kappa shape index (κ2) is 7.99. The van der Waals surface area contributed by atoms with Crippen molar-refractivity contribution in [1.29, 1.82) is 0 Å². The molecule has 0 bridgehead atoms. The predicted molar refractivity (Wildman–Crippen MR) is 85.5 cm³/mol. The second-order valence-electron chi connectivity index (χ2n) is 4.59. The Morgan fingerprint density at radius 1 is 1.05 bits per heavy atom. The van der Waals surface area contributed by atoms with Gasteiger partial charge in [-0.15, -0.1) is 0 Å². The zero-order chi connectivity index (χ0) is 15.9. The molecular formula is C17H18O4Se. The van der Waals surface area contributed by atoms with E-state index < -0.39 is 16.9 Å². The number of benzene rings is 2. The van der Waals surface area contributed by atoms with Crippen LogP contribution in [-0.4, -0.2) is 40.3 Å². The summed E-state index contributed by atoms with van der Waals surface area (Å²) < 4.78 is 11.0. The van der Waals surface area contributed by atoms with Gasteiger partial charge in [0.2, 0.25) is 0 Å². The van der Waals surface area contributed by atoms with Gasteiger partial charge < -0.3 is 0 Å². The van der Waals surface area contributed by atoms with Crippen LogP contribution in [0.3, 0.4) is 0 Å². The van der Waals surface area contributed by atoms with Gasteiger partial charge in [-0.1, -0.05) is 0 Å². The molecule has 0 amide bonds. The van der Waals surface area contributed by atoms with Crippen molar-refractivity contribution in [1.82, 2.24) is 0 Å². The average molecular weight is 365 g/mol. The molecule has 0 aliphatic rings. The maximum absolute atomic E-state index is 12.1. The van der Waals surface area contributed by atoms with Gasteiger partial charge in [0.1, 0.15) is 0 Å². The molecule has 0 aliphatic heterocycles. The monoisotopic (exact) mass is 366 g/mol. The molecule has 0 aliphatic carbocycles. The van der Waals surface area contributed by atoms with E-state index >= 15 is 0 Å². The number of hydrogen-bond donors (Lipinski definition) is 1. The molecule has 0 heterocycles. The topological polar surface area (TPSA) is 55.8 Å². The van der Waals surface area contributed by atoms with Crippen LogP contribution >= 0.6 is 0 Å². The summed E-state index contributed by atoms with van der Waals surface area (Å²) in [5, 5.41) is 10.6. The van der Waals surface area contributed by atoms with Gasteiger partial charge in [0.05, 0.1) is 0 Å². The maximum atomic E-state index is 12.1. The molecule has 2 atom stereocenters. The molecule has 5 heteroatoms. The summed E-state index contributed by atoms with van der Waals surface area (Å²) >= 11 is -0.228. The summed E-state index contributed by atoms with van der Waals surface area (Å²) in [5.74, 6) is 0.311. The summed E-state index contributed by atoms with van der Waals surface area (Å²) in [6, 6.07) is 16.7. The van der Waals surface area contributed by atoms with Gasteiger partial charge in [0.15, 0.2) is 0 Å². The Hall–Kier alpha value is -1.81. The van der Waals surface area contributed by atoms with Crippen LogP contribution in [0.5, 0.6) is 5.75 Å². The first-order valence-corrected chi connectivity index (χ1v) is 8.62. The first kappa shape index (κ1) is 16.6. The standard InChI is InChI=1S/C17H18O4Se/c1-20-13-10-8-12(9-11-13)15(18)16(17(19)21-2)22-14-6-4-3-5-7-14/h3-11,15-16,18H,1-2H3/t15-,16+/m0/s1. The van der Waals surface area contributed by atoms with Crippen LogP contribution in [0.25, 0.3) is 0 Å². The molecule has 0 saturated carbocycles. The Labute approximate surface area is 136 Å². The molecule has 0 fully saturated rings. The molecule has 0 saturated heterocycles. The van der Waals surface area contributed by atoms with E-state index in [0.717, 1.165) is 4.46 Å². The Morgan fingerprint density at radius 2 is 1.68 bits per heavy atom. The van der Waals surface area contributed by atoms with Crippen molar-refractivity contribution < 1.29 is 19.4 Å². The zero-order valence-corrected chi connectivity index (χ0v) is 14.1. The van der Waals surface area contributed by atoms with Crippen molar-refractivity contribution in [2.24, 2.45) is 0 Å². The summed E-state index contributed by atoms with van der Waals surface area (Å²) in [7, 11) is 2.93. The normalized spacial score (nSPS) is 13.2. The predicted octanol–water partition coefficient (Wildman–Crippen LogP) is 1.72. The molecule has 0 spiro atoms. The molecule has 4 nitrogen and oxygen atoms in total. The molecule has 2 aromatic rings. The summed E-state index contributed by atoms with van der Waals surface area (Å²) in [5.41, 5.74) is 0.675. The van der Waals surface area contributed by atoms with Gasteiger partial charge in [-0.05, 0) is 0 Å². The van der Waals surface area contributed by atoms with E-state index in [-0.39, 0.29) is 15.0 Å². The Bertz CT molecular complexity index is 598. The molecule has 0 aromatic heterocycles. The Balaban J connectivity index is 2.21. The van der Waals surface area contributed by atoms with Gasteiger partial charge in [0.25, 0.3) is 0 Å². The van der Waals surface area contributed by atoms with Crippen LogP contribution in [0.15, 0.2) is 54.6 Å². The summed E-state index contributed by atoms with van der Waals surface area (Å²) in [6.45, 7) is 0. The van der Waals surface area contributed by atoms with E-state index in [1.54, 1.807) is 31.4 Å². The third kappa shape index (κ3) is 4.10. The van der Waals surface area contributed by atoms with Gasteiger partial charge in [-0.25, -0.2) is 0 Å². The van der Waals surface area contributed by atoms with Crippen molar-refractivity contribution >= 4 is 25.4 Å². The van der Waals surface area contributed by atoms with Crippen LogP contribution < -0.4 is 9.20 Å². The quantitative estimate of drug-likeness (QED) is 0.626. The molecule has 1 N–H and O–H groups in total. The van der Waals surface area contributed by atoms with E-state index in [0.29, 0.717) is 11.3 Å². The fourth-order valence-electron chi connectivity index (χ4n) is 1.98. The summed E-state index contributed by atoms with van der Waals surface area (Å²) in [4.78, 5) is 11.5. The van der Waals surface area contributed by atoms with Gasteiger partial charge >= 0.3 is 136 Å². The SMILES string of the molecule is COC(=O)[C@H]([Se]c1ccccc1)[C@@H](O)c1ccc(OC)cc1. The molecule has 2 aromatic carbocycles. The third-order valence-electron chi connectivity index (χ3n) is 3.18. The van der Waals surface area contributed by atoms with Crippen LogP contribution in [0.4, 0.5) is 0 Å². The van der Waals surface area contributed by atoms with Crippen molar-refractivity contribution in [3.8, 4) is 5.75 Å². The van der Waals surface area contributed by atoms with E-state index in [4.69, 9.17) is 9.47 Å². The third-order valence-corrected chi connectivity index (χ3v) is 5.80. The molecule has 0 unspecified atom stereocenters. The number of hydrogen-bond acceptors (Lipinski definition) is 4. The molecule has 116 valence electrons. The fraction of sp³-hybridized carbons (Fsp3) is 0.235. The van der Waals surface area contributed by atoms with Gasteiger partial charge in [-0.2, -0.15) is 0 Å². The fourth-order valence-corrected chi connectivity index (χ4v) is 4.26. The van der Waals surface area contributed by atoms with Crippen LogP contribution in [0.1, 0.15) is 11.7 Å². The number of rotatable bonds is 6. The van der Waals surface area contributed by atoms with Crippen molar-refractivity contribution in [2.75, 3.05) is 14.2 Å². The Kier molecular flexibility index (Phi) is 6.01. The average Bonchev–Trinajstić information content (AvgIpc) is 2.59. The van der Waals surface area contributed by atoms with Crippen LogP contribution in [-0.2, 0) is 9.53 Å².